The molecule has 0 saturated carbocycles. The molecule has 7 heteroatoms. The van der Waals surface area contributed by atoms with Crippen LogP contribution in [0.15, 0.2) is 30.3 Å². The summed E-state index contributed by atoms with van der Waals surface area (Å²) in [5.41, 5.74) is -0.670. The minimum atomic E-state index is -5.07. The largest absolute Gasteiger partial charge is 0.471 e. The Bertz CT molecular complexity index is 506. The predicted octanol–water partition coefficient (Wildman–Crippen LogP) is 2.75. The zero-order valence-corrected chi connectivity index (χ0v) is 11.8. The molecule has 1 atom stereocenters. The smallest absolute Gasteiger partial charge is 0.458 e. The number of esters is 1. The zero-order valence-electron chi connectivity index (χ0n) is 11.8. The first-order valence-electron chi connectivity index (χ1n) is 6.16. The van der Waals surface area contributed by atoms with Crippen molar-refractivity contribution in [2.45, 2.75) is 38.6 Å². The minimum Gasteiger partial charge on any atom is -0.458 e. The summed E-state index contributed by atoms with van der Waals surface area (Å²) in [6, 6.07) is 6.09. The summed E-state index contributed by atoms with van der Waals surface area (Å²) in [6.45, 7) is 4.75. The molecule has 116 valence electrons. The van der Waals surface area contributed by atoms with Crippen molar-refractivity contribution in [3.8, 4) is 0 Å². The third-order valence-electron chi connectivity index (χ3n) is 2.31. The van der Waals surface area contributed by atoms with E-state index in [1.165, 1.54) is 12.1 Å². The molecule has 0 aromatic heterocycles. The number of nitrogens with one attached hydrogen (secondary N) is 1. The van der Waals surface area contributed by atoms with E-state index in [2.05, 4.69) is 0 Å². The van der Waals surface area contributed by atoms with Crippen molar-refractivity contribution >= 4 is 11.9 Å². The van der Waals surface area contributed by atoms with Gasteiger partial charge in [0, 0.05) is 0 Å². The number of amides is 1. The SMILES string of the molecule is CC(C)(C)OC(=O)[C@@H](NC(=O)C(F)(F)F)c1ccccc1. The third kappa shape index (κ3) is 5.45. The van der Waals surface area contributed by atoms with Crippen LogP contribution in [0.2, 0.25) is 0 Å². The average Bonchev–Trinajstić information content (AvgIpc) is 2.33. The number of benzene rings is 1. The van der Waals surface area contributed by atoms with E-state index in [1.54, 1.807) is 44.3 Å². The number of rotatable bonds is 3. The monoisotopic (exact) mass is 303 g/mol. The molecule has 0 fully saturated rings. The molecule has 1 aromatic rings. The van der Waals surface area contributed by atoms with Crippen molar-refractivity contribution in [3.05, 3.63) is 35.9 Å². The highest BCUT2D eigenvalue weighted by Crippen LogP contribution is 2.21. The van der Waals surface area contributed by atoms with Crippen LogP contribution in [0.1, 0.15) is 32.4 Å². The van der Waals surface area contributed by atoms with Gasteiger partial charge in [0.05, 0.1) is 0 Å². The van der Waals surface area contributed by atoms with Gasteiger partial charge in [-0.3, -0.25) is 4.79 Å². The van der Waals surface area contributed by atoms with Gasteiger partial charge in [0.15, 0.2) is 6.04 Å². The van der Waals surface area contributed by atoms with Crippen molar-refractivity contribution < 1.29 is 27.5 Å². The Hall–Kier alpha value is -2.05. The molecule has 0 aliphatic rings. The quantitative estimate of drug-likeness (QED) is 0.874. The number of hydrogen-bond donors (Lipinski definition) is 1. The maximum atomic E-state index is 12.4. The summed E-state index contributed by atoms with van der Waals surface area (Å²) in [4.78, 5) is 23.1. The van der Waals surface area contributed by atoms with Gasteiger partial charge >= 0.3 is 18.1 Å². The second kappa shape index (κ2) is 6.15. The van der Waals surface area contributed by atoms with Crippen LogP contribution >= 0.6 is 0 Å². The molecule has 0 heterocycles. The van der Waals surface area contributed by atoms with E-state index in [-0.39, 0.29) is 5.56 Å². The molecular weight excluding hydrogens is 287 g/mol. The van der Waals surface area contributed by atoms with E-state index in [0.29, 0.717) is 0 Å². The first kappa shape index (κ1) is 17.0. The molecule has 1 N–H and O–H groups in total. The fraction of sp³-hybridized carbons (Fsp3) is 0.429. The van der Waals surface area contributed by atoms with Gasteiger partial charge < -0.3 is 10.1 Å². The molecule has 1 amide bonds. The van der Waals surface area contributed by atoms with Gasteiger partial charge in [-0.1, -0.05) is 30.3 Å². The van der Waals surface area contributed by atoms with Crippen LogP contribution < -0.4 is 5.32 Å². The Kier molecular flexibility index (Phi) is 4.98. The van der Waals surface area contributed by atoms with Gasteiger partial charge in [-0.15, -0.1) is 0 Å². The Morgan fingerprint density at radius 3 is 2.05 bits per heavy atom. The van der Waals surface area contributed by atoms with E-state index < -0.39 is 29.7 Å². The van der Waals surface area contributed by atoms with Crippen LogP contribution in [0.25, 0.3) is 0 Å². The summed E-state index contributed by atoms with van der Waals surface area (Å²) in [6.07, 6.45) is -5.07. The topological polar surface area (TPSA) is 55.4 Å². The van der Waals surface area contributed by atoms with Crippen LogP contribution in [-0.4, -0.2) is 23.7 Å². The Morgan fingerprint density at radius 1 is 1.10 bits per heavy atom. The highest BCUT2D eigenvalue weighted by molar-refractivity contribution is 5.88. The average molecular weight is 303 g/mol. The standard InChI is InChI=1S/C14H16F3NO3/c1-13(2,3)21-11(19)10(9-7-5-4-6-8-9)18-12(20)14(15,16)17/h4-8,10H,1-3H3,(H,18,20)/t10-/m0/s1. The third-order valence-corrected chi connectivity index (χ3v) is 2.31. The molecule has 21 heavy (non-hydrogen) atoms. The Balaban J connectivity index is 3.02. The van der Waals surface area contributed by atoms with Crippen LogP contribution in [0.3, 0.4) is 0 Å². The summed E-state index contributed by atoms with van der Waals surface area (Å²) in [7, 11) is 0. The predicted molar refractivity (Wildman–Crippen MR) is 69.2 cm³/mol. The lowest BCUT2D eigenvalue weighted by Gasteiger charge is -2.25. The van der Waals surface area contributed by atoms with Crippen molar-refractivity contribution in [3.63, 3.8) is 0 Å². The second-order valence-corrected chi connectivity index (χ2v) is 5.35. The van der Waals surface area contributed by atoms with Gasteiger partial charge in [-0.05, 0) is 26.3 Å². The van der Waals surface area contributed by atoms with Gasteiger partial charge in [0.25, 0.3) is 0 Å². The lowest BCUT2D eigenvalue weighted by molar-refractivity contribution is -0.177. The molecule has 0 unspecified atom stereocenters. The first-order chi connectivity index (χ1) is 9.50. The number of alkyl halides is 3. The van der Waals surface area contributed by atoms with Gasteiger partial charge in [-0.25, -0.2) is 4.79 Å². The summed E-state index contributed by atoms with van der Waals surface area (Å²) in [5.74, 6) is -3.14. The van der Waals surface area contributed by atoms with Crippen molar-refractivity contribution in [2.75, 3.05) is 0 Å². The van der Waals surface area contributed by atoms with E-state index >= 15 is 0 Å². The highest BCUT2D eigenvalue weighted by Gasteiger charge is 2.41. The first-order valence-corrected chi connectivity index (χ1v) is 6.16. The zero-order chi connectivity index (χ0) is 16.3. The van der Waals surface area contributed by atoms with Crippen molar-refractivity contribution in [1.82, 2.24) is 5.32 Å². The molecule has 0 saturated heterocycles. The fourth-order valence-corrected chi connectivity index (χ4v) is 1.50. The second-order valence-electron chi connectivity index (χ2n) is 5.35. The van der Waals surface area contributed by atoms with E-state index in [1.807, 2.05) is 0 Å². The molecule has 0 aliphatic heterocycles. The molecular formula is C14H16F3NO3. The normalized spacial score (nSPS) is 13.4. The summed E-state index contributed by atoms with van der Waals surface area (Å²) < 4.78 is 42.1. The van der Waals surface area contributed by atoms with Crippen LogP contribution in [0, 0.1) is 0 Å². The van der Waals surface area contributed by atoms with Crippen molar-refractivity contribution in [2.24, 2.45) is 0 Å². The maximum Gasteiger partial charge on any atom is 0.471 e. The van der Waals surface area contributed by atoms with Gasteiger partial charge in [0.1, 0.15) is 5.60 Å². The molecule has 4 nitrogen and oxygen atoms in total. The molecule has 0 spiro atoms. The van der Waals surface area contributed by atoms with E-state index in [9.17, 15) is 22.8 Å². The van der Waals surface area contributed by atoms with E-state index in [0.717, 1.165) is 0 Å². The number of ether oxygens (including phenoxy) is 1. The number of hydrogen-bond acceptors (Lipinski definition) is 3. The summed E-state index contributed by atoms with van der Waals surface area (Å²) in [5, 5.41) is 1.66. The fourth-order valence-electron chi connectivity index (χ4n) is 1.50. The Morgan fingerprint density at radius 2 is 1.62 bits per heavy atom. The van der Waals surface area contributed by atoms with E-state index in [4.69, 9.17) is 4.74 Å². The Labute approximate surface area is 120 Å². The lowest BCUT2D eigenvalue weighted by Crippen LogP contribution is -2.43. The van der Waals surface area contributed by atoms with Crippen LogP contribution in [0.4, 0.5) is 13.2 Å². The number of carbonyl (C=O) groups is 2. The number of carbonyl (C=O) groups excluding carboxylic acids is 2. The molecule has 1 aromatic carbocycles. The molecule has 0 aliphatic carbocycles. The van der Waals surface area contributed by atoms with Crippen LogP contribution in [0.5, 0.6) is 0 Å². The molecule has 0 radical (unpaired) electrons. The van der Waals surface area contributed by atoms with Crippen LogP contribution in [-0.2, 0) is 14.3 Å². The summed E-state index contributed by atoms with van der Waals surface area (Å²) >= 11 is 0. The number of halogens is 3. The molecule has 0 bridgehead atoms. The minimum absolute atomic E-state index is 0.212. The molecule has 1 rings (SSSR count). The maximum absolute atomic E-state index is 12.4. The lowest BCUT2D eigenvalue weighted by atomic mass is 10.1. The van der Waals surface area contributed by atoms with Gasteiger partial charge in [-0.2, -0.15) is 13.2 Å². The highest BCUT2D eigenvalue weighted by atomic mass is 19.4. The van der Waals surface area contributed by atoms with Gasteiger partial charge in [0.2, 0.25) is 0 Å². The van der Waals surface area contributed by atoms with Crippen molar-refractivity contribution in [1.29, 1.82) is 0 Å².